The van der Waals surface area contributed by atoms with Gasteiger partial charge in [0.15, 0.2) is 5.65 Å². The SMILES string of the molecule is C[S+](C)CCOCn1ncc(NC(=O)c2cnn3cccnc23)c1-c1cc(OCCNC(=O)OC(C)(C)C)c(Cl)cc1OC(F)F. The van der Waals surface area contributed by atoms with E-state index in [0.717, 1.165) is 5.75 Å². The lowest BCUT2D eigenvalue weighted by Gasteiger charge is -2.20. The van der Waals surface area contributed by atoms with Gasteiger partial charge in [-0.25, -0.2) is 19.0 Å². The molecule has 46 heavy (non-hydrogen) atoms. The van der Waals surface area contributed by atoms with Crippen molar-refractivity contribution in [3.05, 3.63) is 53.6 Å². The van der Waals surface area contributed by atoms with Crippen molar-refractivity contribution < 1.29 is 37.3 Å². The smallest absolute Gasteiger partial charge is 0.407 e. The predicted octanol–water partition coefficient (Wildman–Crippen LogP) is 4.86. The quantitative estimate of drug-likeness (QED) is 0.141. The highest BCUT2D eigenvalue weighted by Gasteiger charge is 2.25. The second-order valence-corrected chi connectivity index (χ2v) is 13.8. The summed E-state index contributed by atoms with van der Waals surface area (Å²) in [6.45, 7) is 2.41. The molecule has 0 aliphatic heterocycles. The summed E-state index contributed by atoms with van der Waals surface area (Å²) in [6.07, 6.45) is 9.43. The van der Waals surface area contributed by atoms with Crippen LogP contribution in [0.3, 0.4) is 0 Å². The number of carbonyl (C=O) groups is 2. The van der Waals surface area contributed by atoms with E-state index in [1.54, 1.807) is 33.0 Å². The summed E-state index contributed by atoms with van der Waals surface area (Å²) in [5.41, 5.74) is 0.244. The van der Waals surface area contributed by atoms with Gasteiger partial charge in [0.1, 0.15) is 41.8 Å². The first kappa shape index (κ1) is 34.7. The van der Waals surface area contributed by atoms with Gasteiger partial charge < -0.3 is 29.6 Å². The van der Waals surface area contributed by atoms with E-state index in [0.29, 0.717) is 12.3 Å². The third kappa shape index (κ3) is 9.43. The Morgan fingerprint density at radius 3 is 2.61 bits per heavy atom. The molecule has 3 aromatic heterocycles. The lowest BCUT2D eigenvalue weighted by molar-refractivity contribution is -0.0495. The van der Waals surface area contributed by atoms with Crippen LogP contribution in [0.2, 0.25) is 5.02 Å². The lowest BCUT2D eigenvalue weighted by Crippen LogP contribution is -2.34. The van der Waals surface area contributed by atoms with E-state index < -0.39 is 24.2 Å². The van der Waals surface area contributed by atoms with Crippen LogP contribution in [0.1, 0.15) is 31.1 Å². The number of hydrogen-bond donors (Lipinski definition) is 2. The van der Waals surface area contributed by atoms with Gasteiger partial charge in [0.25, 0.3) is 5.91 Å². The van der Waals surface area contributed by atoms with Gasteiger partial charge >= 0.3 is 12.7 Å². The molecule has 2 amide bonds. The van der Waals surface area contributed by atoms with Crippen LogP contribution in [-0.2, 0) is 27.1 Å². The average molecular weight is 683 g/mol. The zero-order valence-electron chi connectivity index (χ0n) is 25.9. The van der Waals surface area contributed by atoms with Crippen LogP contribution in [0.25, 0.3) is 16.9 Å². The van der Waals surface area contributed by atoms with Crippen LogP contribution in [-0.4, -0.2) is 86.6 Å². The maximum absolute atomic E-state index is 13.6. The van der Waals surface area contributed by atoms with Gasteiger partial charge in [-0.1, -0.05) is 11.6 Å². The third-order valence-electron chi connectivity index (χ3n) is 5.99. The number of hydrogen-bond acceptors (Lipinski definition) is 9. The summed E-state index contributed by atoms with van der Waals surface area (Å²) in [4.78, 5) is 29.6. The number of nitrogens with one attached hydrogen (secondary N) is 2. The Labute approximate surface area is 271 Å². The molecule has 0 fully saturated rings. The molecular weight excluding hydrogens is 648 g/mol. The molecule has 17 heteroatoms. The molecule has 0 spiro atoms. The van der Waals surface area contributed by atoms with Crippen LogP contribution in [0.5, 0.6) is 11.5 Å². The van der Waals surface area contributed by atoms with Crippen molar-refractivity contribution in [3.8, 4) is 22.8 Å². The summed E-state index contributed by atoms with van der Waals surface area (Å²) < 4.78 is 51.7. The van der Waals surface area contributed by atoms with Crippen molar-refractivity contribution in [2.24, 2.45) is 0 Å². The van der Waals surface area contributed by atoms with Gasteiger partial charge in [-0.3, -0.25) is 4.79 Å². The zero-order chi connectivity index (χ0) is 33.4. The lowest BCUT2D eigenvalue weighted by atomic mass is 10.1. The van der Waals surface area contributed by atoms with Gasteiger partial charge in [0.05, 0.1) is 54.5 Å². The van der Waals surface area contributed by atoms with Gasteiger partial charge in [0, 0.05) is 24.0 Å². The standard InChI is InChI=1S/C29H34ClF2N7O6S/c1-29(2,3)45-28(41)34-8-10-43-23-13-18(22(14-20(23)30)44-27(31)32)24-21(16-36-39(24)17-42-11-12-46(4)5)37-26(40)19-15-35-38-9-6-7-33-25(19)38/h6-7,9,13-16,27H,8,10-12,17H2,1-5H3,(H-,34,37,40,41)/p+1. The molecule has 0 aliphatic rings. The molecule has 2 N–H and O–H groups in total. The highest BCUT2D eigenvalue weighted by Crippen LogP contribution is 2.42. The van der Waals surface area contributed by atoms with Gasteiger partial charge in [-0.15, -0.1) is 0 Å². The number of anilines is 1. The van der Waals surface area contributed by atoms with Crippen molar-refractivity contribution in [1.82, 2.24) is 29.7 Å². The first-order chi connectivity index (χ1) is 21.8. The van der Waals surface area contributed by atoms with Crippen LogP contribution in [0.15, 0.2) is 43.0 Å². The first-order valence-electron chi connectivity index (χ1n) is 14.0. The van der Waals surface area contributed by atoms with E-state index in [2.05, 4.69) is 38.3 Å². The van der Waals surface area contributed by atoms with Crippen LogP contribution in [0, 0.1) is 0 Å². The van der Waals surface area contributed by atoms with E-state index in [-0.39, 0.29) is 69.8 Å². The Morgan fingerprint density at radius 2 is 1.89 bits per heavy atom. The Hall–Kier alpha value is -4.15. The number of halogens is 3. The summed E-state index contributed by atoms with van der Waals surface area (Å²) in [5, 5.41) is 13.8. The molecule has 0 atom stereocenters. The van der Waals surface area contributed by atoms with Gasteiger partial charge in [0.2, 0.25) is 0 Å². The van der Waals surface area contributed by atoms with Crippen LogP contribution >= 0.6 is 11.6 Å². The normalized spacial score (nSPS) is 11.7. The largest absolute Gasteiger partial charge is 0.490 e. The Bertz CT molecular complexity index is 1660. The van der Waals surface area contributed by atoms with E-state index in [4.69, 9.17) is 30.5 Å². The topological polar surface area (TPSA) is 143 Å². The molecule has 0 bridgehead atoms. The van der Waals surface area contributed by atoms with Crippen molar-refractivity contribution >= 4 is 45.8 Å². The maximum atomic E-state index is 13.6. The second-order valence-electron chi connectivity index (χ2n) is 11.0. The molecule has 3 heterocycles. The number of amides is 2. The van der Waals surface area contributed by atoms with E-state index in [1.807, 2.05) is 0 Å². The minimum absolute atomic E-state index is 0.0278. The zero-order valence-corrected chi connectivity index (χ0v) is 27.5. The van der Waals surface area contributed by atoms with Gasteiger partial charge in [-0.2, -0.15) is 19.0 Å². The molecular formula is C29H35ClF2N7O6S+. The minimum Gasteiger partial charge on any atom is -0.490 e. The van der Waals surface area contributed by atoms with Crippen LogP contribution < -0.4 is 20.1 Å². The van der Waals surface area contributed by atoms with Crippen molar-refractivity contribution in [3.63, 3.8) is 0 Å². The number of fused-ring (bicyclic) bond motifs is 1. The fourth-order valence-corrected chi connectivity index (χ4v) is 4.72. The summed E-state index contributed by atoms with van der Waals surface area (Å²) >= 11 is 6.40. The molecule has 0 aliphatic carbocycles. The Kier molecular flexibility index (Phi) is 11.6. The predicted molar refractivity (Wildman–Crippen MR) is 170 cm³/mol. The van der Waals surface area contributed by atoms with Crippen molar-refractivity contribution in [1.29, 1.82) is 0 Å². The highest BCUT2D eigenvalue weighted by atomic mass is 35.5. The molecule has 4 aromatic rings. The number of carbonyl (C=O) groups excluding carboxylic acids is 2. The van der Waals surface area contributed by atoms with E-state index in [9.17, 15) is 18.4 Å². The highest BCUT2D eigenvalue weighted by molar-refractivity contribution is 7.95. The fraction of sp³-hybridized carbons (Fsp3) is 0.414. The fourth-order valence-electron chi connectivity index (χ4n) is 4.07. The Morgan fingerprint density at radius 1 is 1.11 bits per heavy atom. The van der Waals surface area contributed by atoms with Crippen LogP contribution in [0.4, 0.5) is 19.3 Å². The van der Waals surface area contributed by atoms with Crippen molar-refractivity contribution in [2.75, 3.05) is 43.3 Å². The monoisotopic (exact) mass is 682 g/mol. The number of nitrogens with zero attached hydrogens (tertiary/aromatic N) is 5. The number of alkyl halides is 2. The number of aromatic nitrogens is 5. The van der Waals surface area contributed by atoms with Crippen molar-refractivity contribution in [2.45, 2.75) is 39.7 Å². The maximum Gasteiger partial charge on any atom is 0.407 e. The Balaban J connectivity index is 1.67. The molecule has 248 valence electrons. The molecule has 4 rings (SSSR count). The molecule has 1 aromatic carbocycles. The number of ether oxygens (including phenoxy) is 4. The third-order valence-corrected chi connectivity index (χ3v) is 7.27. The minimum atomic E-state index is -3.19. The average Bonchev–Trinajstić information content (AvgIpc) is 3.57. The first-order valence-corrected chi connectivity index (χ1v) is 16.6. The molecule has 0 saturated carbocycles. The molecule has 0 unspecified atom stereocenters. The number of benzene rings is 1. The summed E-state index contributed by atoms with van der Waals surface area (Å²) in [5.74, 6) is 0.0463. The summed E-state index contributed by atoms with van der Waals surface area (Å²) in [6, 6.07) is 4.24. The van der Waals surface area contributed by atoms with E-state index >= 15 is 0 Å². The van der Waals surface area contributed by atoms with E-state index in [1.165, 1.54) is 39.9 Å². The molecule has 13 nitrogen and oxygen atoms in total. The molecule has 0 saturated heterocycles. The number of rotatable bonds is 14. The number of alkyl carbamates (subject to hydrolysis) is 1. The second kappa shape index (κ2) is 15.4. The molecule has 0 radical (unpaired) electrons. The van der Waals surface area contributed by atoms with Gasteiger partial charge in [-0.05, 0) is 43.8 Å². The summed E-state index contributed by atoms with van der Waals surface area (Å²) in [7, 11) is 0.131.